The molecule has 1 saturated heterocycles. The monoisotopic (exact) mass is 239 g/mol. The molecule has 0 radical (unpaired) electrons. The summed E-state index contributed by atoms with van der Waals surface area (Å²) in [6.07, 6.45) is 0.988. The van der Waals surface area contributed by atoms with Crippen molar-refractivity contribution in [2.75, 3.05) is 25.5 Å². The minimum absolute atomic E-state index is 0.269. The summed E-state index contributed by atoms with van der Waals surface area (Å²) in [5.74, 6) is -0.802. The van der Waals surface area contributed by atoms with Gasteiger partial charge in [0.15, 0.2) is 0 Å². The molecule has 2 rings (SSSR count). The topological polar surface area (TPSA) is 58.4 Å². The lowest BCUT2D eigenvalue weighted by Crippen LogP contribution is -2.23. The molecule has 1 aliphatic heterocycles. The number of nitrogens with one attached hydrogen (secondary N) is 1. The average molecular weight is 239 g/mol. The van der Waals surface area contributed by atoms with Crippen LogP contribution in [0.2, 0.25) is 0 Å². The maximum atomic E-state index is 13.1. The Balaban J connectivity index is 2.11. The number of rotatable bonds is 3. The molecule has 1 aromatic rings. The zero-order valence-corrected chi connectivity index (χ0v) is 9.52. The van der Waals surface area contributed by atoms with E-state index in [1.54, 1.807) is 0 Å². The number of nitro benzene ring substituents is 1. The zero-order chi connectivity index (χ0) is 12.4. The second kappa shape index (κ2) is 4.67. The highest BCUT2D eigenvalue weighted by Crippen LogP contribution is 2.23. The van der Waals surface area contributed by atoms with Crippen molar-refractivity contribution < 1.29 is 9.31 Å². The van der Waals surface area contributed by atoms with Crippen LogP contribution in [0.15, 0.2) is 18.2 Å². The van der Waals surface area contributed by atoms with E-state index in [1.807, 2.05) is 7.05 Å². The Morgan fingerprint density at radius 2 is 2.35 bits per heavy atom. The molecular formula is C11H14FN3O2. The van der Waals surface area contributed by atoms with Gasteiger partial charge in [0, 0.05) is 24.3 Å². The van der Waals surface area contributed by atoms with E-state index in [9.17, 15) is 14.5 Å². The van der Waals surface area contributed by atoms with E-state index in [0.717, 1.165) is 25.6 Å². The van der Waals surface area contributed by atoms with Gasteiger partial charge in [-0.15, -0.1) is 0 Å². The Morgan fingerprint density at radius 3 is 2.94 bits per heavy atom. The van der Waals surface area contributed by atoms with Crippen molar-refractivity contribution in [1.82, 2.24) is 4.90 Å². The highest BCUT2D eigenvalue weighted by molar-refractivity contribution is 5.52. The second-order valence-electron chi connectivity index (χ2n) is 4.32. The molecule has 17 heavy (non-hydrogen) atoms. The standard InChI is InChI=1S/C11H14FN3O2/c1-14-5-4-9(7-14)13-8-2-3-10(12)11(6-8)15(16)17/h2-3,6,9,13H,4-5,7H2,1H3. The van der Waals surface area contributed by atoms with Crippen molar-refractivity contribution in [3.8, 4) is 0 Å². The van der Waals surface area contributed by atoms with Gasteiger partial charge in [0.2, 0.25) is 5.82 Å². The van der Waals surface area contributed by atoms with Crippen LogP contribution in [0.5, 0.6) is 0 Å². The number of nitro groups is 1. The van der Waals surface area contributed by atoms with Gasteiger partial charge in [-0.3, -0.25) is 10.1 Å². The van der Waals surface area contributed by atoms with Gasteiger partial charge in [-0.1, -0.05) is 0 Å². The van der Waals surface area contributed by atoms with Crippen LogP contribution in [0.25, 0.3) is 0 Å². The molecule has 1 fully saturated rings. The fraction of sp³-hybridized carbons (Fsp3) is 0.455. The Bertz CT molecular complexity index is 439. The van der Waals surface area contributed by atoms with Gasteiger partial charge in [0.05, 0.1) is 4.92 Å². The SMILES string of the molecule is CN1CCC(Nc2ccc(F)c([N+](=O)[O-])c2)C1. The summed E-state index contributed by atoms with van der Waals surface area (Å²) in [6.45, 7) is 1.89. The Labute approximate surface area is 98.4 Å². The van der Waals surface area contributed by atoms with Gasteiger partial charge in [0.25, 0.3) is 0 Å². The van der Waals surface area contributed by atoms with Crippen molar-refractivity contribution in [3.05, 3.63) is 34.1 Å². The number of halogens is 1. The lowest BCUT2D eigenvalue weighted by atomic mass is 10.2. The molecule has 92 valence electrons. The van der Waals surface area contributed by atoms with Crippen molar-refractivity contribution in [1.29, 1.82) is 0 Å². The first kappa shape index (κ1) is 11.8. The number of nitrogens with zero attached hydrogens (tertiary/aromatic N) is 2. The van der Waals surface area contributed by atoms with E-state index in [0.29, 0.717) is 5.69 Å². The lowest BCUT2D eigenvalue weighted by Gasteiger charge is -2.14. The third-order valence-electron chi connectivity index (χ3n) is 2.90. The van der Waals surface area contributed by atoms with Gasteiger partial charge < -0.3 is 10.2 Å². The third kappa shape index (κ3) is 2.71. The molecule has 1 aliphatic rings. The van der Waals surface area contributed by atoms with Gasteiger partial charge in [-0.25, -0.2) is 0 Å². The van der Waals surface area contributed by atoms with Gasteiger partial charge in [-0.05, 0) is 32.1 Å². The average Bonchev–Trinajstić information content (AvgIpc) is 2.66. The molecule has 1 unspecified atom stereocenters. The summed E-state index contributed by atoms with van der Waals surface area (Å²) >= 11 is 0. The summed E-state index contributed by atoms with van der Waals surface area (Å²) < 4.78 is 13.1. The maximum Gasteiger partial charge on any atom is 0.306 e. The Morgan fingerprint density at radius 1 is 1.59 bits per heavy atom. The Kier molecular flexibility index (Phi) is 3.23. The van der Waals surface area contributed by atoms with E-state index in [4.69, 9.17) is 0 Å². The van der Waals surface area contributed by atoms with Crippen LogP contribution in [0.3, 0.4) is 0 Å². The van der Waals surface area contributed by atoms with Crippen LogP contribution in [0.4, 0.5) is 15.8 Å². The first-order valence-electron chi connectivity index (χ1n) is 5.45. The van der Waals surface area contributed by atoms with Crippen LogP contribution < -0.4 is 5.32 Å². The number of likely N-dealkylation sites (tertiary alicyclic amines) is 1. The van der Waals surface area contributed by atoms with Crippen molar-refractivity contribution in [2.24, 2.45) is 0 Å². The van der Waals surface area contributed by atoms with E-state index in [1.165, 1.54) is 12.1 Å². The quantitative estimate of drug-likeness (QED) is 0.646. The molecule has 1 atom stereocenters. The number of anilines is 1. The number of likely N-dealkylation sites (N-methyl/N-ethyl adjacent to an activating group) is 1. The van der Waals surface area contributed by atoms with Crippen molar-refractivity contribution in [2.45, 2.75) is 12.5 Å². The van der Waals surface area contributed by atoms with Gasteiger partial charge in [0.1, 0.15) is 0 Å². The number of hydrogen-bond acceptors (Lipinski definition) is 4. The van der Waals surface area contributed by atoms with Crippen LogP contribution in [0.1, 0.15) is 6.42 Å². The molecular weight excluding hydrogens is 225 g/mol. The number of hydrogen-bond donors (Lipinski definition) is 1. The van der Waals surface area contributed by atoms with E-state index in [2.05, 4.69) is 10.2 Å². The first-order chi connectivity index (χ1) is 8.06. The molecule has 0 aliphatic carbocycles. The van der Waals surface area contributed by atoms with Crippen LogP contribution in [0, 0.1) is 15.9 Å². The van der Waals surface area contributed by atoms with Gasteiger partial charge >= 0.3 is 5.69 Å². The molecule has 1 N–H and O–H groups in total. The minimum atomic E-state index is -0.802. The van der Waals surface area contributed by atoms with Gasteiger partial charge in [-0.2, -0.15) is 4.39 Å². The smallest absolute Gasteiger partial charge is 0.306 e. The molecule has 0 spiro atoms. The van der Waals surface area contributed by atoms with Crippen LogP contribution >= 0.6 is 0 Å². The number of benzene rings is 1. The van der Waals surface area contributed by atoms with Crippen molar-refractivity contribution >= 4 is 11.4 Å². The maximum absolute atomic E-state index is 13.1. The third-order valence-corrected chi connectivity index (χ3v) is 2.90. The van der Waals surface area contributed by atoms with Crippen molar-refractivity contribution in [3.63, 3.8) is 0 Å². The predicted molar refractivity (Wildman–Crippen MR) is 62.6 cm³/mol. The predicted octanol–water partition coefficient (Wildman–Crippen LogP) is 1.85. The second-order valence-corrected chi connectivity index (χ2v) is 4.32. The Hall–Kier alpha value is -1.69. The van der Waals surface area contributed by atoms with E-state index in [-0.39, 0.29) is 6.04 Å². The molecule has 0 amide bonds. The fourth-order valence-corrected chi connectivity index (χ4v) is 2.03. The normalized spacial score (nSPS) is 20.5. The molecule has 0 saturated carbocycles. The molecule has 5 nitrogen and oxygen atoms in total. The van der Waals surface area contributed by atoms with E-state index >= 15 is 0 Å². The molecule has 1 heterocycles. The molecule has 6 heteroatoms. The molecule has 1 aromatic carbocycles. The first-order valence-corrected chi connectivity index (χ1v) is 5.45. The van der Waals surface area contributed by atoms with E-state index < -0.39 is 16.4 Å². The summed E-state index contributed by atoms with van der Waals surface area (Å²) in [5.41, 5.74) is 0.111. The molecule has 0 aromatic heterocycles. The highest BCUT2D eigenvalue weighted by atomic mass is 19.1. The summed E-state index contributed by atoms with van der Waals surface area (Å²) in [5, 5.41) is 13.8. The highest BCUT2D eigenvalue weighted by Gasteiger charge is 2.20. The summed E-state index contributed by atoms with van der Waals surface area (Å²) in [4.78, 5) is 12.1. The van der Waals surface area contributed by atoms with Crippen LogP contribution in [-0.2, 0) is 0 Å². The fourth-order valence-electron chi connectivity index (χ4n) is 2.03. The lowest BCUT2D eigenvalue weighted by molar-refractivity contribution is -0.387. The van der Waals surface area contributed by atoms with Crippen LogP contribution in [-0.4, -0.2) is 36.0 Å². The largest absolute Gasteiger partial charge is 0.381 e. The molecule has 0 bridgehead atoms. The zero-order valence-electron chi connectivity index (χ0n) is 9.52. The summed E-state index contributed by atoms with van der Waals surface area (Å²) in [6, 6.07) is 4.16. The minimum Gasteiger partial charge on any atom is -0.381 e. The summed E-state index contributed by atoms with van der Waals surface area (Å²) in [7, 11) is 2.02.